The van der Waals surface area contributed by atoms with E-state index in [0.717, 1.165) is 10.6 Å². The molecule has 0 atom stereocenters. The standard InChI is InChI=1S/C18H19N5O2S/c1-23(7-2-3-14-13(10-19)17(20)22-21-14)18(25)11-4-5-16-12(9-11)15(24)6-8-26-16/h4-5,9H,2-3,6-8H2,1H3,(H3,20,21,22). The second-order valence-electron chi connectivity index (χ2n) is 6.14. The number of thioether (sulfide) groups is 1. The van der Waals surface area contributed by atoms with Crippen molar-refractivity contribution >= 4 is 29.3 Å². The van der Waals surface area contributed by atoms with Gasteiger partial charge in [-0.3, -0.25) is 14.7 Å². The highest BCUT2D eigenvalue weighted by atomic mass is 32.2. The van der Waals surface area contributed by atoms with Crippen LogP contribution in [0.5, 0.6) is 0 Å². The number of hydrogen-bond acceptors (Lipinski definition) is 6. The van der Waals surface area contributed by atoms with E-state index in [4.69, 9.17) is 11.0 Å². The SMILES string of the molecule is CN(CCCc1[nH]nc(N)c1C#N)C(=O)c1ccc2c(c1)C(=O)CCS2. The monoisotopic (exact) mass is 369 g/mol. The van der Waals surface area contributed by atoms with Crippen LogP contribution in [0.2, 0.25) is 0 Å². The third-order valence-corrected chi connectivity index (χ3v) is 5.44. The van der Waals surface area contributed by atoms with E-state index in [-0.39, 0.29) is 17.5 Å². The fraction of sp³-hybridized carbons (Fsp3) is 0.333. The molecular weight excluding hydrogens is 350 g/mol. The Balaban J connectivity index is 1.62. The maximum Gasteiger partial charge on any atom is 0.253 e. The average Bonchev–Trinajstić information content (AvgIpc) is 3.00. The summed E-state index contributed by atoms with van der Waals surface area (Å²) in [4.78, 5) is 27.2. The number of Topliss-reactive ketones (excluding diaryl/α,β-unsaturated/α-hetero) is 1. The van der Waals surface area contributed by atoms with Crippen LogP contribution in [0.4, 0.5) is 5.82 Å². The molecule has 2 aromatic rings. The summed E-state index contributed by atoms with van der Waals surface area (Å²) in [6, 6.07) is 7.35. The van der Waals surface area contributed by atoms with Crippen LogP contribution in [0.15, 0.2) is 23.1 Å². The number of aromatic nitrogens is 2. The van der Waals surface area contributed by atoms with Crippen molar-refractivity contribution in [2.24, 2.45) is 0 Å². The Kier molecular flexibility index (Phi) is 5.28. The number of nitrogens with two attached hydrogens (primary N) is 1. The Hall–Kier alpha value is -2.79. The van der Waals surface area contributed by atoms with E-state index in [1.165, 1.54) is 0 Å². The summed E-state index contributed by atoms with van der Waals surface area (Å²) in [5.41, 5.74) is 7.83. The lowest BCUT2D eigenvalue weighted by molar-refractivity contribution is 0.0793. The van der Waals surface area contributed by atoms with Crippen molar-refractivity contribution in [2.45, 2.75) is 24.2 Å². The number of carbonyl (C=O) groups is 2. The van der Waals surface area contributed by atoms with Crippen molar-refractivity contribution in [1.29, 1.82) is 5.26 Å². The van der Waals surface area contributed by atoms with Gasteiger partial charge in [-0.1, -0.05) is 0 Å². The summed E-state index contributed by atoms with van der Waals surface area (Å²) in [7, 11) is 1.73. The smallest absolute Gasteiger partial charge is 0.253 e. The number of nitrogens with one attached hydrogen (secondary N) is 1. The van der Waals surface area contributed by atoms with Crippen LogP contribution in [0.25, 0.3) is 0 Å². The summed E-state index contributed by atoms with van der Waals surface area (Å²) in [5.74, 6) is 0.961. The van der Waals surface area contributed by atoms with E-state index in [9.17, 15) is 9.59 Å². The first-order valence-corrected chi connectivity index (χ1v) is 9.28. The number of anilines is 1. The Morgan fingerprint density at radius 1 is 1.50 bits per heavy atom. The van der Waals surface area contributed by atoms with Gasteiger partial charge in [0.25, 0.3) is 5.91 Å². The number of carbonyl (C=O) groups excluding carboxylic acids is 2. The van der Waals surface area contributed by atoms with E-state index < -0.39 is 0 Å². The van der Waals surface area contributed by atoms with Crippen LogP contribution < -0.4 is 5.73 Å². The molecule has 1 aromatic carbocycles. The zero-order valence-electron chi connectivity index (χ0n) is 14.4. The van der Waals surface area contributed by atoms with Crippen molar-refractivity contribution in [3.63, 3.8) is 0 Å². The normalized spacial score (nSPS) is 13.2. The lowest BCUT2D eigenvalue weighted by atomic mass is 10.0. The number of nitrogens with zero attached hydrogens (tertiary/aromatic N) is 3. The predicted octanol–water partition coefficient (Wildman–Crippen LogP) is 2.25. The number of fused-ring (bicyclic) bond motifs is 1. The number of H-pyrrole nitrogens is 1. The number of ketones is 1. The van der Waals surface area contributed by atoms with Gasteiger partial charge < -0.3 is 10.6 Å². The highest BCUT2D eigenvalue weighted by Crippen LogP contribution is 2.30. The molecule has 0 fully saturated rings. The van der Waals surface area contributed by atoms with Crippen molar-refractivity contribution in [2.75, 3.05) is 25.1 Å². The zero-order valence-corrected chi connectivity index (χ0v) is 15.2. The molecule has 0 bridgehead atoms. The van der Waals surface area contributed by atoms with Gasteiger partial charge >= 0.3 is 0 Å². The molecular formula is C18H19N5O2S. The summed E-state index contributed by atoms with van der Waals surface area (Å²) in [5, 5.41) is 15.7. The predicted molar refractivity (Wildman–Crippen MR) is 99.1 cm³/mol. The number of hydrogen-bond donors (Lipinski definition) is 2. The second-order valence-corrected chi connectivity index (χ2v) is 7.27. The third-order valence-electron chi connectivity index (χ3n) is 4.36. The van der Waals surface area contributed by atoms with Crippen molar-refractivity contribution in [1.82, 2.24) is 15.1 Å². The van der Waals surface area contributed by atoms with E-state index in [0.29, 0.717) is 48.2 Å². The summed E-state index contributed by atoms with van der Waals surface area (Å²) >= 11 is 1.65. The lowest BCUT2D eigenvalue weighted by Gasteiger charge is -2.19. The molecule has 8 heteroatoms. The minimum Gasteiger partial charge on any atom is -0.381 e. The first-order valence-electron chi connectivity index (χ1n) is 8.29. The molecule has 1 aliphatic rings. The Bertz CT molecular complexity index is 899. The Morgan fingerprint density at radius 3 is 3.08 bits per heavy atom. The maximum absolute atomic E-state index is 12.6. The number of nitrogen functional groups attached to an aromatic ring is 1. The number of aromatic amines is 1. The molecule has 1 amide bonds. The van der Waals surface area contributed by atoms with Gasteiger partial charge in [-0.05, 0) is 31.0 Å². The molecule has 1 aliphatic heterocycles. The first-order chi connectivity index (χ1) is 12.5. The van der Waals surface area contributed by atoms with E-state index >= 15 is 0 Å². The molecule has 0 unspecified atom stereocenters. The van der Waals surface area contributed by atoms with Crippen LogP contribution >= 0.6 is 11.8 Å². The highest BCUT2D eigenvalue weighted by molar-refractivity contribution is 7.99. The number of rotatable bonds is 5. The summed E-state index contributed by atoms with van der Waals surface area (Å²) < 4.78 is 0. The Labute approximate surface area is 155 Å². The fourth-order valence-corrected chi connectivity index (χ4v) is 3.91. The topological polar surface area (TPSA) is 116 Å². The van der Waals surface area contributed by atoms with Gasteiger partial charge in [0.1, 0.15) is 11.6 Å². The number of nitriles is 1. The van der Waals surface area contributed by atoms with Crippen LogP contribution in [0.3, 0.4) is 0 Å². The van der Waals surface area contributed by atoms with Gasteiger partial charge in [0, 0.05) is 41.8 Å². The van der Waals surface area contributed by atoms with Crippen LogP contribution in [0, 0.1) is 11.3 Å². The second kappa shape index (κ2) is 7.62. The summed E-state index contributed by atoms with van der Waals surface area (Å²) in [6.07, 6.45) is 1.75. The molecule has 3 rings (SSSR count). The molecule has 3 N–H and O–H groups in total. The molecule has 26 heavy (non-hydrogen) atoms. The number of amides is 1. The van der Waals surface area contributed by atoms with E-state index in [1.54, 1.807) is 35.8 Å². The Morgan fingerprint density at radius 2 is 2.31 bits per heavy atom. The van der Waals surface area contributed by atoms with E-state index in [2.05, 4.69) is 10.2 Å². The van der Waals surface area contributed by atoms with Crippen molar-refractivity contribution < 1.29 is 9.59 Å². The molecule has 7 nitrogen and oxygen atoms in total. The molecule has 0 aliphatic carbocycles. The molecule has 0 saturated carbocycles. The molecule has 134 valence electrons. The maximum atomic E-state index is 12.6. The molecule has 0 radical (unpaired) electrons. The van der Waals surface area contributed by atoms with Crippen LogP contribution in [-0.2, 0) is 6.42 Å². The first kappa shape index (κ1) is 18.0. The van der Waals surface area contributed by atoms with Crippen molar-refractivity contribution in [3.8, 4) is 6.07 Å². The minimum atomic E-state index is -0.124. The lowest BCUT2D eigenvalue weighted by Crippen LogP contribution is -2.28. The van der Waals surface area contributed by atoms with Gasteiger partial charge in [0.15, 0.2) is 11.6 Å². The van der Waals surface area contributed by atoms with Crippen LogP contribution in [-0.4, -0.2) is 46.1 Å². The average molecular weight is 369 g/mol. The van der Waals surface area contributed by atoms with Gasteiger partial charge in [0.2, 0.25) is 0 Å². The van der Waals surface area contributed by atoms with Crippen molar-refractivity contribution in [3.05, 3.63) is 40.6 Å². The molecule has 2 heterocycles. The zero-order chi connectivity index (χ0) is 18.7. The fourth-order valence-electron chi connectivity index (χ4n) is 2.91. The number of aryl methyl sites for hydroxylation is 1. The largest absolute Gasteiger partial charge is 0.381 e. The van der Waals surface area contributed by atoms with Gasteiger partial charge in [-0.25, -0.2) is 0 Å². The van der Waals surface area contributed by atoms with Gasteiger partial charge in [-0.15, -0.1) is 11.8 Å². The van der Waals surface area contributed by atoms with E-state index in [1.807, 2.05) is 12.1 Å². The third kappa shape index (κ3) is 3.58. The van der Waals surface area contributed by atoms with Gasteiger partial charge in [0.05, 0.1) is 5.69 Å². The summed E-state index contributed by atoms with van der Waals surface area (Å²) in [6.45, 7) is 0.516. The quantitative estimate of drug-likeness (QED) is 0.835. The molecule has 1 aromatic heterocycles. The molecule has 0 spiro atoms. The van der Waals surface area contributed by atoms with Crippen LogP contribution in [0.1, 0.15) is 44.8 Å². The number of benzene rings is 1. The minimum absolute atomic E-state index is 0.0944. The van der Waals surface area contributed by atoms with Gasteiger partial charge in [-0.2, -0.15) is 10.4 Å². The molecule has 0 saturated heterocycles. The highest BCUT2D eigenvalue weighted by Gasteiger charge is 2.21.